The molecule has 2 aliphatic heterocycles. The minimum absolute atomic E-state index is 0. The van der Waals surface area contributed by atoms with Crippen LogP contribution in [0, 0.1) is 11.7 Å². The van der Waals surface area contributed by atoms with Gasteiger partial charge in [0, 0.05) is 12.8 Å². The fourth-order valence-electron chi connectivity index (χ4n) is 3.49. The Hall–Kier alpha value is -1.46. The summed E-state index contributed by atoms with van der Waals surface area (Å²) in [5.41, 5.74) is 2.13. The summed E-state index contributed by atoms with van der Waals surface area (Å²) in [5.74, 6) is 2.55. The summed E-state index contributed by atoms with van der Waals surface area (Å²) in [4.78, 5) is 0. The molecule has 0 spiro atoms. The summed E-state index contributed by atoms with van der Waals surface area (Å²) in [5, 5.41) is 12.2. The lowest BCUT2D eigenvalue weighted by Gasteiger charge is -2.24. The fraction of sp³-hybridized carbons (Fsp3) is 0.500. The number of nitrogens with one attached hydrogen (secondary N) is 1. The number of fused-ring (bicyclic) bond motifs is 3. The van der Waals surface area contributed by atoms with Crippen molar-refractivity contribution >= 4 is 12.4 Å². The molecule has 1 aromatic heterocycles. The van der Waals surface area contributed by atoms with Gasteiger partial charge in [-0.05, 0) is 62.0 Å². The molecule has 0 radical (unpaired) electrons. The molecule has 4 rings (SSSR count). The van der Waals surface area contributed by atoms with E-state index in [-0.39, 0.29) is 18.2 Å². The molecule has 2 aliphatic rings. The molecular formula is C16H20ClFN4. The number of benzene rings is 1. The molecule has 0 atom stereocenters. The lowest BCUT2D eigenvalue weighted by Crippen LogP contribution is -2.29. The van der Waals surface area contributed by atoms with E-state index < -0.39 is 0 Å². The van der Waals surface area contributed by atoms with Gasteiger partial charge in [-0.3, -0.25) is 4.57 Å². The van der Waals surface area contributed by atoms with E-state index in [0.29, 0.717) is 5.92 Å². The summed E-state index contributed by atoms with van der Waals surface area (Å²) in [7, 11) is 0. The van der Waals surface area contributed by atoms with E-state index >= 15 is 0 Å². The third kappa shape index (κ3) is 2.75. The lowest BCUT2D eigenvalue weighted by molar-refractivity contribution is 0.365. The van der Waals surface area contributed by atoms with E-state index in [9.17, 15) is 4.39 Å². The minimum atomic E-state index is -0.162. The van der Waals surface area contributed by atoms with Crippen molar-refractivity contribution in [1.29, 1.82) is 0 Å². The number of hydrogen-bond acceptors (Lipinski definition) is 3. The van der Waals surface area contributed by atoms with Crippen molar-refractivity contribution in [3.8, 4) is 5.69 Å². The van der Waals surface area contributed by atoms with Crippen LogP contribution in [0.1, 0.15) is 30.1 Å². The van der Waals surface area contributed by atoms with Crippen LogP contribution in [0.4, 0.5) is 4.39 Å². The topological polar surface area (TPSA) is 42.7 Å². The van der Waals surface area contributed by atoms with Crippen LogP contribution in [0.25, 0.3) is 5.69 Å². The van der Waals surface area contributed by atoms with Crippen LogP contribution in [-0.2, 0) is 19.3 Å². The average molecular weight is 323 g/mol. The number of aromatic nitrogens is 3. The molecule has 0 saturated carbocycles. The molecule has 3 heterocycles. The highest BCUT2D eigenvalue weighted by Gasteiger charge is 2.24. The number of halogens is 2. The standard InChI is InChI=1S/C16H19FN4.ClH/c17-13-2-3-14-12(10-13)1-4-15-19-20-16(21(14)15)9-11-5-7-18-8-6-11;/h2-3,10-11,18H,1,4-9H2;1H. The highest BCUT2D eigenvalue weighted by molar-refractivity contribution is 5.85. The van der Waals surface area contributed by atoms with Gasteiger partial charge in [0.05, 0.1) is 5.69 Å². The third-order valence-electron chi connectivity index (χ3n) is 4.63. The summed E-state index contributed by atoms with van der Waals surface area (Å²) >= 11 is 0. The van der Waals surface area contributed by atoms with E-state index in [2.05, 4.69) is 20.1 Å². The maximum atomic E-state index is 13.4. The molecule has 6 heteroatoms. The zero-order valence-corrected chi connectivity index (χ0v) is 13.2. The van der Waals surface area contributed by atoms with E-state index in [4.69, 9.17) is 0 Å². The fourth-order valence-corrected chi connectivity index (χ4v) is 3.49. The highest BCUT2D eigenvalue weighted by Crippen LogP contribution is 2.27. The SMILES string of the molecule is Cl.Fc1ccc2c(c1)CCc1nnc(CC3CCNCC3)n1-2. The quantitative estimate of drug-likeness (QED) is 0.923. The van der Waals surface area contributed by atoms with Crippen LogP contribution >= 0.6 is 12.4 Å². The van der Waals surface area contributed by atoms with Crippen LogP contribution in [0.2, 0.25) is 0 Å². The number of aryl methyl sites for hydroxylation is 2. The maximum Gasteiger partial charge on any atom is 0.137 e. The normalized spacial score (nSPS) is 17.5. The molecule has 1 fully saturated rings. The predicted octanol–water partition coefficient (Wildman–Crippen LogP) is 2.47. The molecule has 1 N–H and O–H groups in total. The van der Waals surface area contributed by atoms with Crippen LogP contribution in [0.5, 0.6) is 0 Å². The van der Waals surface area contributed by atoms with Crippen molar-refractivity contribution in [3.05, 3.63) is 41.2 Å². The first-order valence-corrected chi connectivity index (χ1v) is 7.74. The van der Waals surface area contributed by atoms with Crippen molar-refractivity contribution in [2.45, 2.75) is 32.1 Å². The Morgan fingerprint density at radius 1 is 1.18 bits per heavy atom. The zero-order chi connectivity index (χ0) is 14.2. The predicted molar refractivity (Wildman–Crippen MR) is 85.3 cm³/mol. The average Bonchev–Trinajstić information content (AvgIpc) is 2.91. The van der Waals surface area contributed by atoms with Gasteiger partial charge in [-0.2, -0.15) is 0 Å². The van der Waals surface area contributed by atoms with Gasteiger partial charge in [-0.1, -0.05) is 0 Å². The molecule has 1 saturated heterocycles. The number of nitrogens with zero attached hydrogens (tertiary/aromatic N) is 3. The van der Waals surface area contributed by atoms with Crippen molar-refractivity contribution in [1.82, 2.24) is 20.1 Å². The molecule has 118 valence electrons. The highest BCUT2D eigenvalue weighted by atomic mass is 35.5. The lowest BCUT2D eigenvalue weighted by atomic mass is 9.94. The van der Waals surface area contributed by atoms with Gasteiger partial charge < -0.3 is 5.32 Å². The van der Waals surface area contributed by atoms with Crippen LogP contribution in [0.3, 0.4) is 0 Å². The van der Waals surface area contributed by atoms with Crippen LogP contribution in [-0.4, -0.2) is 27.9 Å². The molecule has 0 unspecified atom stereocenters. The number of piperidine rings is 1. The first kappa shape index (κ1) is 15.4. The van der Waals surface area contributed by atoms with Gasteiger partial charge >= 0.3 is 0 Å². The van der Waals surface area contributed by atoms with Gasteiger partial charge in [0.2, 0.25) is 0 Å². The molecular weight excluding hydrogens is 303 g/mol. The van der Waals surface area contributed by atoms with Crippen molar-refractivity contribution < 1.29 is 4.39 Å². The Morgan fingerprint density at radius 2 is 2.00 bits per heavy atom. The second-order valence-electron chi connectivity index (χ2n) is 6.04. The second-order valence-corrected chi connectivity index (χ2v) is 6.04. The summed E-state index contributed by atoms with van der Waals surface area (Å²) in [6.07, 6.45) is 5.04. The molecule has 0 aliphatic carbocycles. The summed E-state index contributed by atoms with van der Waals surface area (Å²) in [6.45, 7) is 2.18. The summed E-state index contributed by atoms with van der Waals surface area (Å²) < 4.78 is 15.6. The third-order valence-corrected chi connectivity index (χ3v) is 4.63. The van der Waals surface area contributed by atoms with Crippen molar-refractivity contribution in [2.24, 2.45) is 5.92 Å². The first-order chi connectivity index (χ1) is 10.3. The van der Waals surface area contributed by atoms with E-state index in [1.54, 1.807) is 6.07 Å². The van der Waals surface area contributed by atoms with Crippen LogP contribution in [0.15, 0.2) is 18.2 Å². The van der Waals surface area contributed by atoms with Crippen molar-refractivity contribution in [3.63, 3.8) is 0 Å². The zero-order valence-electron chi connectivity index (χ0n) is 12.4. The summed E-state index contributed by atoms with van der Waals surface area (Å²) in [6, 6.07) is 5.04. The molecule has 4 nitrogen and oxygen atoms in total. The Balaban J connectivity index is 0.00000144. The van der Waals surface area contributed by atoms with Gasteiger partial charge in [0.15, 0.2) is 0 Å². The largest absolute Gasteiger partial charge is 0.317 e. The van der Waals surface area contributed by atoms with Crippen LogP contribution < -0.4 is 5.32 Å². The second kappa shape index (κ2) is 6.34. The minimum Gasteiger partial charge on any atom is -0.317 e. The molecule has 22 heavy (non-hydrogen) atoms. The number of rotatable bonds is 2. The molecule has 0 amide bonds. The van der Waals surface area contributed by atoms with E-state index in [1.165, 1.54) is 18.9 Å². The Labute approximate surface area is 135 Å². The Morgan fingerprint density at radius 3 is 2.82 bits per heavy atom. The maximum absolute atomic E-state index is 13.4. The molecule has 1 aromatic carbocycles. The smallest absolute Gasteiger partial charge is 0.137 e. The van der Waals surface area contributed by atoms with E-state index in [1.807, 2.05) is 6.07 Å². The van der Waals surface area contributed by atoms with Gasteiger partial charge in [0.1, 0.15) is 17.5 Å². The van der Waals surface area contributed by atoms with Crippen molar-refractivity contribution in [2.75, 3.05) is 13.1 Å². The Kier molecular flexibility index (Phi) is 4.45. The monoisotopic (exact) mass is 322 g/mol. The molecule has 2 aromatic rings. The van der Waals surface area contributed by atoms with Gasteiger partial charge in [-0.15, -0.1) is 22.6 Å². The van der Waals surface area contributed by atoms with Gasteiger partial charge in [0.25, 0.3) is 0 Å². The first-order valence-electron chi connectivity index (χ1n) is 7.74. The van der Waals surface area contributed by atoms with Gasteiger partial charge in [-0.25, -0.2) is 4.39 Å². The van der Waals surface area contributed by atoms with E-state index in [0.717, 1.165) is 55.3 Å². The molecule has 0 bridgehead atoms. The number of hydrogen-bond donors (Lipinski definition) is 1. The Bertz CT molecular complexity index is 664.